The molecule has 0 rings (SSSR count). The number of hydrogen-bond acceptors (Lipinski definition) is 2. The lowest BCUT2D eigenvalue weighted by atomic mass is 10.3. The largest absolute Gasteiger partial charge is 0.240 e. The third-order valence-electron chi connectivity index (χ3n) is 0.876. The first kappa shape index (κ1) is 8.94. The summed E-state index contributed by atoms with van der Waals surface area (Å²) in [5.74, 6) is 0. The molecule has 0 saturated carbocycles. The highest BCUT2D eigenvalue weighted by atomic mass is 127. The van der Waals surface area contributed by atoms with Gasteiger partial charge in [-0.3, -0.25) is 0 Å². The molecule has 0 aliphatic rings. The van der Waals surface area contributed by atoms with Crippen LogP contribution in [0.2, 0.25) is 0 Å². The zero-order valence-corrected chi connectivity index (χ0v) is 8.08. The summed E-state index contributed by atoms with van der Waals surface area (Å²) in [6.07, 6.45) is 3.84. The van der Waals surface area contributed by atoms with Gasteiger partial charge >= 0.3 is 0 Å². The Kier molecular flexibility index (Phi) is 4.75. The summed E-state index contributed by atoms with van der Waals surface area (Å²) >= 11 is 2.10. The van der Waals surface area contributed by atoms with Crippen molar-refractivity contribution in [2.75, 3.05) is 7.05 Å². The molecule has 0 aliphatic carbocycles. The fourth-order valence-corrected chi connectivity index (χ4v) is 0.370. The van der Waals surface area contributed by atoms with Crippen LogP contribution in [0.25, 0.3) is 0 Å². The Morgan fingerprint density at radius 1 is 1.67 bits per heavy atom. The first-order valence-electron chi connectivity index (χ1n) is 2.73. The molecule has 0 aromatic carbocycles. The van der Waals surface area contributed by atoms with E-state index in [0.717, 1.165) is 0 Å². The lowest BCUT2D eigenvalue weighted by molar-refractivity contribution is 0.670. The molecule has 0 radical (unpaired) electrons. The molecule has 52 valence electrons. The van der Waals surface area contributed by atoms with Crippen LogP contribution in [0.5, 0.6) is 0 Å². The second kappa shape index (κ2) is 4.78. The SMILES string of the molecule is C/C=C(C)\C=N\N(C)I. The van der Waals surface area contributed by atoms with Crippen LogP contribution in [0.4, 0.5) is 0 Å². The van der Waals surface area contributed by atoms with Crippen molar-refractivity contribution in [3.8, 4) is 0 Å². The summed E-state index contributed by atoms with van der Waals surface area (Å²) in [5.41, 5.74) is 1.18. The average molecular weight is 238 g/mol. The molecule has 3 heteroatoms. The highest BCUT2D eigenvalue weighted by Gasteiger charge is 1.79. The van der Waals surface area contributed by atoms with Crippen molar-refractivity contribution in [1.82, 2.24) is 3.22 Å². The molecule has 0 aromatic rings. The molecule has 0 aliphatic heterocycles. The van der Waals surface area contributed by atoms with E-state index in [2.05, 4.69) is 28.0 Å². The summed E-state index contributed by atoms with van der Waals surface area (Å²) in [5, 5.41) is 4.02. The smallest absolute Gasteiger partial charge is 0.0780 e. The first-order chi connectivity index (χ1) is 4.16. The molecule has 0 amide bonds. The normalized spacial score (nSPS) is 12.7. The highest BCUT2D eigenvalue weighted by molar-refractivity contribution is 14.1. The maximum atomic E-state index is 4.02. The predicted octanol–water partition coefficient (Wildman–Crippen LogP) is 2.22. The van der Waals surface area contributed by atoms with Crippen molar-refractivity contribution in [1.29, 1.82) is 0 Å². The Hall–Kier alpha value is -0.0600. The van der Waals surface area contributed by atoms with Crippen molar-refractivity contribution in [2.24, 2.45) is 5.10 Å². The third kappa shape index (κ3) is 5.82. The summed E-state index contributed by atoms with van der Waals surface area (Å²) in [7, 11) is 1.89. The molecule has 0 aromatic heterocycles. The number of allylic oxidation sites excluding steroid dienone is 2. The van der Waals surface area contributed by atoms with Crippen molar-refractivity contribution >= 4 is 29.1 Å². The van der Waals surface area contributed by atoms with Gasteiger partial charge in [-0.15, -0.1) is 0 Å². The number of nitrogens with zero attached hydrogens (tertiary/aromatic N) is 2. The van der Waals surface area contributed by atoms with E-state index in [1.165, 1.54) is 5.57 Å². The molecule has 0 bridgehead atoms. The van der Waals surface area contributed by atoms with Crippen molar-refractivity contribution in [3.05, 3.63) is 11.6 Å². The van der Waals surface area contributed by atoms with Crippen LogP contribution < -0.4 is 0 Å². The molecule has 9 heavy (non-hydrogen) atoms. The third-order valence-corrected chi connectivity index (χ3v) is 1.12. The zero-order chi connectivity index (χ0) is 7.28. The zero-order valence-electron chi connectivity index (χ0n) is 5.93. The van der Waals surface area contributed by atoms with Crippen molar-refractivity contribution in [3.63, 3.8) is 0 Å². The minimum absolute atomic E-state index is 1.18. The van der Waals surface area contributed by atoms with Gasteiger partial charge in [-0.1, -0.05) is 6.08 Å². The Balaban J connectivity index is 3.71. The van der Waals surface area contributed by atoms with Gasteiger partial charge < -0.3 is 0 Å². The number of halogens is 1. The second-order valence-corrected chi connectivity index (χ2v) is 3.12. The van der Waals surface area contributed by atoms with Crippen LogP contribution in [0.1, 0.15) is 13.8 Å². The number of hydrazone groups is 1. The highest BCUT2D eigenvalue weighted by Crippen LogP contribution is 1.93. The average Bonchev–Trinajstić information content (AvgIpc) is 1.83. The minimum Gasteiger partial charge on any atom is -0.240 e. The van der Waals surface area contributed by atoms with Crippen LogP contribution in [0.15, 0.2) is 16.8 Å². The fourth-order valence-electron chi connectivity index (χ4n) is 0.245. The molecule has 0 atom stereocenters. The molecular formula is C6H11IN2. The first-order valence-corrected chi connectivity index (χ1v) is 3.69. The fraction of sp³-hybridized carbons (Fsp3) is 0.500. The summed E-state index contributed by atoms with van der Waals surface area (Å²) in [6.45, 7) is 4.01. The van der Waals surface area contributed by atoms with E-state index in [1.807, 2.05) is 33.2 Å². The predicted molar refractivity (Wildman–Crippen MR) is 49.7 cm³/mol. The van der Waals surface area contributed by atoms with Crippen LogP contribution >= 0.6 is 22.9 Å². The summed E-state index contributed by atoms with van der Waals surface area (Å²) in [4.78, 5) is 0. The van der Waals surface area contributed by atoms with Gasteiger partial charge in [0.15, 0.2) is 0 Å². The molecule has 0 spiro atoms. The molecule has 0 unspecified atom stereocenters. The van der Waals surface area contributed by atoms with Gasteiger partial charge in [0.1, 0.15) is 0 Å². The number of hydrogen-bond donors (Lipinski definition) is 0. The van der Waals surface area contributed by atoms with Gasteiger partial charge in [-0.25, -0.2) is 3.22 Å². The van der Waals surface area contributed by atoms with Gasteiger partial charge in [0, 0.05) is 7.05 Å². The Bertz CT molecular complexity index is 127. The summed E-state index contributed by atoms with van der Waals surface area (Å²) < 4.78 is 1.74. The molecular weight excluding hydrogens is 227 g/mol. The van der Waals surface area contributed by atoms with Gasteiger partial charge in [-0.2, -0.15) is 5.10 Å². The standard InChI is InChI=1S/C6H11IN2/c1-4-6(2)5-8-9(3)7/h4-5H,1-3H3/b6-4-,8-5+. The van der Waals surface area contributed by atoms with E-state index in [9.17, 15) is 0 Å². The van der Waals surface area contributed by atoms with E-state index >= 15 is 0 Å². The van der Waals surface area contributed by atoms with E-state index in [0.29, 0.717) is 0 Å². The summed E-state index contributed by atoms with van der Waals surface area (Å²) in [6, 6.07) is 0. The van der Waals surface area contributed by atoms with E-state index in [-0.39, 0.29) is 0 Å². The minimum atomic E-state index is 1.18. The molecule has 0 N–H and O–H groups in total. The van der Waals surface area contributed by atoms with Crippen LogP contribution in [-0.2, 0) is 0 Å². The quantitative estimate of drug-likeness (QED) is 0.311. The monoisotopic (exact) mass is 238 g/mol. The van der Waals surface area contributed by atoms with E-state index < -0.39 is 0 Å². The van der Waals surface area contributed by atoms with Crippen molar-refractivity contribution < 1.29 is 0 Å². The second-order valence-electron chi connectivity index (χ2n) is 1.72. The Labute approximate surface area is 70.1 Å². The molecule has 0 saturated heterocycles. The van der Waals surface area contributed by atoms with Crippen LogP contribution in [-0.4, -0.2) is 16.5 Å². The van der Waals surface area contributed by atoms with Crippen molar-refractivity contribution in [2.45, 2.75) is 13.8 Å². The van der Waals surface area contributed by atoms with Gasteiger partial charge in [0.05, 0.1) is 29.1 Å². The van der Waals surface area contributed by atoms with E-state index in [4.69, 9.17) is 0 Å². The van der Waals surface area contributed by atoms with Gasteiger partial charge in [-0.05, 0) is 19.4 Å². The van der Waals surface area contributed by atoms with E-state index in [1.54, 1.807) is 3.22 Å². The molecule has 2 nitrogen and oxygen atoms in total. The lowest BCUT2D eigenvalue weighted by Gasteiger charge is -1.97. The lowest BCUT2D eigenvalue weighted by Crippen LogP contribution is -1.92. The maximum Gasteiger partial charge on any atom is 0.0780 e. The van der Waals surface area contributed by atoms with Gasteiger partial charge in [0.25, 0.3) is 0 Å². The Morgan fingerprint density at radius 3 is 2.56 bits per heavy atom. The van der Waals surface area contributed by atoms with Crippen LogP contribution in [0.3, 0.4) is 0 Å². The Morgan fingerprint density at radius 2 is 2.22 bits per heavy atom. The molecule has 0 fully saturated rings. The molecule has 0 heterocycles. The maximum absolute atomic E-state index is 4.02. The van der Waals surface area contributed by atoms with Gasteiger partial charge in [0.2, 0.25) is 0 Å². The number of rotatable bonds is 2. The topological polar surface area (TPSA) is 15.6 Å². The van der Waals surface area contributed by atoms with Crippen LogP contribution in [0, 0.1) is 0 Å².